The standard InChI is InChI=1S/C24H34F3N3O5/c1-14(2)18(12-31)28-21(32)19(15(3)4)20-17(29-22(33)24(25,26)27)10-11-30(20)23(34)35-13-16-8-6-5-7-9-16/h5-9,14-15,17-20,31H,10-13H2,1-4H3,(H,28,32)(H,29,33)/t17-,18+,19?,20-/m1/s1. The highest BCUT2D eigenvalue weighted by Crippen LogP contribution is 2.31. The quantitative estimate of drug-likeness (QED) is 0.482. The van der Waals surface area contributed by atoms with Crippen molar-refractivity contribution in [3.05, 3.63) is 35.9 Å². The van der Waals surface area contributed by atoms with Crippen LogP contribution in [0, 0.1) is 17.8 Å². The van der Waals surface area contributed by atoms with Gasteiger partial charge in [0.15, 0.2) is 0 Å². The fourth-order valence-corrected chi connectivity index (χ4v) is 4.24. The minimum Gasteiger partial charge on any atom is -0.445 e. The number of nitrogens with zero attached hydrogens (tertiary/aromatic N) is 1. The second-order valence-corrected chi connectivity index (χ2v) is 9.40. The van der Waals surface area contributed by atoms with Gasteiger partial charge in [0.1, 0.15) is 6.61 Å². The minimum absolute atomic E-state index is 0.00516. The summed E-state index contributed by atoms with van der Waals surface area (Å²) in [6, 6.07) is 6.10. The highest BCUT2D eigenvalue weighted by molar-refractivity contribution is 5.84. The zero-order valence-electron chi connectivity index (χ0n) is 20.3. The van der Waals surface area contributed by atoms with Gasteiger partial charge >= 0.3 is 18.2 Å². The summed E-state index contributed by atoms with van der Waals surface area (Å²) >= 11 is 0. The number of ether oxygens (including phenoxy) is 1. The smallest absolute Gasteiger partial charge is 0.445 e. The summed E-state index contributed by atoms with van der Waals surface area (Å²) in [6.45, 7) is 6.66. The molecule has 1 aliphatic rings. The van der Waals surface area contributed by atoms with Crippen molar-refractivity contribution in [1.29, 1.82) is 0 Å². The Morgan fingerprint density at radius 2 is 1.74 bits per heavy atom. The minimum atomic E-state index is -5.11. The molecule has 8 nitrogen and oxygen atoms in total. The molecule has 196 valence electrons. The molecule has 0 spiro atoms. The maximum atomic E-state index is 13.3. The average Bonchev–Trinajstić information content (AvgIpc) is 3.18. The van der Waals surface area contributed by atoms with Crippen molar-refractivity contribution in [3.8, 4) is 0 Å². The van der Waals surface area contributed by atoms with Crippen LogP contribution in [0.4, 0.5) is 18.0 Å². The number of amides is 3. The summed E-state index contributed by atoms with van der Waals surface area (Å²) < 4.78 is 44.4. The van der Waals surface area contributed by atoms with Crippen molar-refractivity contribution in [2.45, 2.75) is 65.0 Å². The third kappa shape index (κ3) is 7.58. The van der Waals surface area contributed by atoms with Gasteiger partial charge in [-0.2, -0.15) is 13.2 Å². The van der Waals surface area contributed by atoms with E-state index < -0.39 is 54.0 Å². The van der Waals surface area contributed by atoms with E-state index in [0.29, 0.717) is 0 Å². The molecule has 0 bridgehead atoms. The average molecular weight is 502 g/mol. The van der Waals surface area contributed by atoms with E-state index in [2.05, 4.69) is 5.32 Å². The topological polar surface area (TPSA) is 108 Å². The first-order chi connectivity index (χ1) is 16.4. The zero-order chi connectivity index (χ0) is 26.3. The molecule has 1 fully saturated rings. The number of aliphatic hydroxyl groups is 1. The lowest BCUT2D eigenvalue weighted by atomic mass is 9.83. The lowest BCUT2D eigenvalue weighted by Crippen LogP contribution is -2.58. The van der Waals surface area contributed by atoms with E-state index in [1.165, 1.54) is 4.90 Å². The van der Waals surface area contributed by atoms with Crippen molar-refractivity contribution in [1.82, 2.24) is 15.5 Å². The summed E-state index contributed by atoms with van der Waals surface area (Å²) in [4.78, 5) is 39.2. The lowest BCUT2D eigenvalue weighted by Gasteiger charge is -2.37. The van der Waals surface area contributed by atoms with Gasteiger partial charge in [0, 0.05) is 6.54 Å². The molecule has 1 aliphatic heterocycles. The van der Waals surface area contributed by atoms with Gasteiger partial charge < -0.3 is 25.4 Å². The van der Waals surface area contributed by atoms with E-state index in [4.69, 9.17) is 4.74 Å². The Morgan fingerprint density at radius 3 is 2.26 bits per heavy atom. The van der Waals surface area contributed by atoms with Crippen molar-refractivity contribution in [2.75, 3.05) is 13.2 Å². The molecule has 0 aromatic heterocycles. The van der Waals surface area contributed by atoms with Gasteiger partial charge in [-0.05, 0) is 23.8 Å². The third-order valence-corrected chi connectivity index (χ3v) is 6.18. The predicted octanol–water partition coefficient (Wildman–Crippen LogP) is 2.85. The molecule has 35 heavy (non-hydrogen) atoms. The van der Waals surface area contributed by atoms with Gasteiger partial charge in [0.05, 0.1) is 30.7 Å². The van der Waals surface area contributed by atoms with E-state index in [-0.39, 0.29) is 32.1 Å². The molecule has 1 unspecified atom stereocenters. The van der Waals surface area contributed by atoms with Crippen LogP contribution in [0.25, 0.3) is 0 Å². The van der Waals surface area contributed by atoms with Gasteiger partial charge in [-0.15, -0.1) is 0 Å². The summed E-state index contributed by atoms with van der Waals surface area (Å²) in [5.41, 5.74) is 0.722. The molecule has 0 aliphatic carbocycles. The van der Waals surface area contributed by atoms with E-state index in [1.807, 2.05) is 5.32 Å². The van der Waals surface area contributed by atoms with Crippen molar-refractivity contribution >= 4 is 17.9 Å². The first-order valence-corrected chi connectivity index (χ1v) is 11.6. The van der Waals surface area contributed by atoms with Crippen LogP contribution in [-0.2, 0) is 20.9 Å². The molecule has 0 saturated carbocycles. The highest BCUT2D eigenvalue weighted by atomic mass is 19.4. The van der Waals surface area contributed by atoms with Crippen LogP contribution in [0.3, 0.4) is 0 Å². The van der Waals surface area contributed by atoms with Crippen LogP contribution in [0.1, 0.15) is 39.7 Å². The Kier molecular flexibility index (Phi) is 9.93. The molecule has 11 heteroatoms. The number of rotatable bonds is 9. The summed E-state index contributed by atoms with van der Waals surface area (Å²) in [5, 5.41) is 14.3. The molecular formula is C24H34F3N3O5. The van der Waals surface area contributed by atoms with Gasteiger partial charge in [-0.3, -0.25) is 9.59 Å². The third-order valence-electron chi connectivity index (χ3n) is 6.18. The largest absolute Gasteiger partial charge is 0.471 e. The molecule has 2 rings (SSSR count). The fourth-order valence-electron chi connectivity index (χ4n) is 4.24. The first-order valence-electron chi connectivity index (χ1n) is 11.6. The van der Waals surface area contributed by atoms with Crippen LogP contribution < -0.4 is 10.6 Å². The Hall–Kier alpha value is -2.82. The molecule has 3 amide bonds. The summed E-state index contributed by atoms with van der Waals surface area (Å²) in [7, 11) is 0. The maximum absolute atomic E-state index is 13.3. The summed E-state index contributed by atoms with van der Waals surface area (Å²) in [6.07, 6.45) is -5.87. The maximum Gasteiger partial charge on any atom is 0.471 e. The molecule has 0 radical (unpaired) electrons. The Labute approximate surface area is 203 Å². The molecule has 1 saturated heterocycles. The van der Waals surface area contributed by atoms with Crippen LogP contribution in [0.5, 0.6) is 0 Å². The van der Waals surface area contributed by atoms with Crippen molar-refractivity contribution < 1.29 is 37.4 Å². The van der Waals surface area contributed by atoms with E-state index in [9.17, 15) is 32.7 Å². The van der Waals surface area contributed by atoms with E-state index in [1.54, 1.807) is 58.0 Å². The number of halogens is 3. The van der Waals surface area contributed by atoms with Gasteiger partial charge in [-0.1, -0.05) is 58.0 Å². The van der Waals surface area contributed by atoms with Gasteiger partial charge in [-0.25, -0.2) is 4.79 Å². The number of hydrogen-bond acceptors (Lipinski definition) is 5. The lowest BCUT2D eigenvalue weighted by molar-refractivity contribution is -0.174. The number of benzene rings is 1. The Bertz CT molecular complexity index is 864. The van der Waals surface area contributed by atoms with E-state index in [0.717, 1.165) is 5.56 Å². The number of carbonyl (C=O) groups excluding carboxylic acids is 3. The SMILES string of the molecule is CC(C)C(C(=O)N[C@@H](CO)C(C)C)[C@H]1[C@H](NC(=O)C(F)(F)F)CCN1C(=O)OCc1ccccc1. The predicted molar refractivity (Wildman–Crippen MR) is 122 cm³/mol. The normalized spacial score (nSPS) is 20.0. The van der Waals surface area contributed by atoms with Crippen LogP contribution in [-0.4, -0.2) is 65.4 Å². The Morgan fingerprint density at radius 1 is 1.11 bits per heavy atom. The number of nitrogens with one attached hydrogen (secondary N) is 2. The fraction of sp³-hybridized carbons (Fsp3) is 0.625. The van der Waals surface area contributed by atoms with Crippen LogP contribution in [0.15, 0.2) is 30.3 Å². The number of aliphatic hydroxyl groups excluding tert-OH is 1. The molecule has 3 N–H and O–H groups in total. The zero-order valence-corrected chi connectivity index (χ0v) is 20.3. The monoisotopic (exact) mass is 501 g/mol. The highest BCUT2D eigenvalue weighted by Gasteiger charge is 2.50. The van der Waals surface area contributed by atoms with Crippen LogP contribution >= 0.6 is 0 Å². The molecule has 1 aromatic carbocycles. The molecular weight excluding hydrogens is 467 g/mol. The number of likely N-dealkylation sites (tertiary alicyclic amines) is 1. The Balaban J connectivity index is 2.32. The summed E-state index contributed by atoms with van der Waals surface area (Å²) in [5.74, 6) is -4.13. The van der Waals surface area contributed by atoms with Gasteiger partial charge in [0.2, 0.25) is 5.91 Å². The first kappa shape index (κ1) is 28.4. The molecule has 1 aromatic rings. The van der Waals surface area contributed by atoms with E-state index >= 15 is 0 Å². The molecule has 1 heterocycles. The van der Waals surface area contributed by atoms with Crippen LogP contribution in [0.2, 0.25) is 0 Å². The number of carbonyl (C=O) groups is 3. The van der Waals surface area contributed by atoms with Crippen molar-refractivity contribution in [2.24, 2.45) is 17.8 Å². The van der Waals surface area contributed by atoms with Crippen molar-refractivity contribution in [3.63, 3.8) is 0 Å². The molecule has 4 atom stereocenters. The number of hydrogen-bond donors (Lipinski definition) is 3. The van der Waals surface area contributed by atoms with Gasteiger partial charge in [0.25, 0.3) is 0 Å². The second-order valence-electron chi connectivity index (χ2n) is 9.40. The second kappa shape index (κ2) is 12.2. The number of alkyl halides is 3.